The summed E-state index contributed by atoms with van der Waals surface area (Å²) in [6.07, 6.45) is 10.1. The molecule has 8 nitrogen and oxygen atoms in total. The van der Waals surface area contributed by atoms with Crippen LogP contribution in [0.3, 0.4) is 0 Å². The number of nitrogens with one attached hydrogen (secondary N) is 1. The lowest BCUT2D eigenvalue weighted by atomic mass is 9.97. The van der Waals surface area contributed by atoms with Gasteiger partial charge in [0.25, 0.3) is 0 Å². The second-order valence-electron chi connectivity index (χ2n) is 12.8. The fourth-order valence-corrected chi connectivity index (χ4v) is 5.74. The lowest BCUT2D eigenvalue weighted by molar-refractivity contribution is 0.0206. The number of carbonyl (C=O) groups is 1. The molecule has 3 heterocycles. The van der Waals surface area contributed by atoms with E-state index in [1.54, 1.807) is 17.3 Å². The van der Waals surface area contributed by atoms with Gasteiger partial charge in [0, 0.05) is 36.9 Å². The zero-order chi connectivity index (χ0) is 30.0. The lowest BCUT2D eigenvalue weighted by Gasteiger charge is -2.34. The number of piperidine rings is 1. The lowest BCUT2D eigenvalue weighted by Crippen LogP contribution is -2.47. The SMILES string of the molecule is Cc1ccc2c(CCC3CC3)cccc2c1Oc1ncccc1-c1ccnc(N[C@H]2CCCN(C(=O)OC(C)(C)C)C2)n1. The van der Waals surface area contributed by atoms with Crippen LogP contribution < -0.4 is 10.1 Å². The van der Waals surface area contributed by atoms with E-state index in [2.05, 4.69) is 52.5 Å². The standard InChI is InChI=1S/C35H41N5O3/c1-23-12-17-27-25(16-15-24-13-14-24)8-5-10-28(27)31(23)42-32-29(11-6-19-36-32)30-18-20-37-33(39-30)38-26-9-7-21-40(22-26)34(41)43-35(2,3)4/h5-6,8,10-12,17-20,24,26H,7,9,13-16,21-22H2,1-4H3,(H,37,38,39)/t26-/m0/s1. The summed E-state index contributed by atoms with van der Waals surface area (Å²) in [5, 5.41) is 5.78. The molecule has 1 saturated heterocycles. The smallest absolute Gasteiger partial charge is 0.410 e. The highest BCUT2D eigenvalue weighted by atomic mass is 16.6. The molecule has 0 bridgehead atoms. The largest absolute Gasteiger partial charge is 0.444 e. The van der Waals surface area contributed by atoms with Crippen molar-refractivity contribution in [2.45, 2.75) is 77.9 Å². The predicted molar refractivity (Wildman–Crippen MR) is 170 cm³/mol. The van der Waals surface area contributed by atoms with Crippen molar-refractivity contribution >= 4 is 22.8 Å². The van der Waals surface area contributed by atoms with E-state index in [1.807, 2.05) is 39.0 Å². The number of hydrogen-bond acceptors (Lipinski definition) is 7. The molecule has 224 valence electrons. The molecule has 1 amide bonds. The topological polar surface area (TPSA) is 89.5 Å². The van der Waals surface area contributed by atoms with Crippen molar-refractivity contribution in [2.24, 2.45) is 5.92 Å². The van der Waals surface area contributed by atoms with Gasteiger partial charge in [-0.05, 0) is 94.0 Å². The first kappa shape index (κ1) is 28.9. The number of amides is 1. The summed E-state index contributed by atoms with van der Waals surface area (Å²) in [6.45, 7) is 8.94. The van der Waals surface area contributed by atoms with Gasteiger partial charge in [-0.15, -0.1) is 0 Å². The molecule has 0 radical (unpaired) electrons. The highest BCUT2D eigenvalue weighted by molar-refractivity contribution is 5.92. The molecule has 2 aromatic carbocycles. The fourth-order valence-electron chi connectivity index (χ4n) is 5.74. The summed E-state index contributed by atoms with van der Waals surface area (Å²) in [4.78, 5) is 28.4. The maximum absolute atomic E-state index is 12.6. The zero-order valence-electron chi connectivity index (χ0n) is 25.6. The molecule has 0 spiro atoms. The van der Waals surface area contributed by atoms with Gasteiger partial charge in [-0.3, -0.25) is 0 Å². The molecule has 2 aliphatic rings. The van der Waals surface area contributed by atoms with Crippen LogP contribution in [0.1, 0.15) is 64.0 Å². The molecule has 1 aliphatic heterocycles. The number of nitrogens with zero attached hydrogens (tertiary/aromatic N) is 4. The number of anilines is 1. The third kappa shape index (κ3) is 7.07. The van der Waals surface area contributed by atoms with Crippen LogP contribution in [0, 0.1) is 12.8 Å². The summed E-state index contributed by atoms with van der Waals surface area (Å²) in [7, 11) is 0. The Morgan fingerprint density at radius 1 is 1.00 bits per heavy atom. The average Bonchev–Trinajstić information content (AvgIpc) is 3.82. The highest BCUT2D eigenvalue weighted by Crippen LogP contribution is 2.39. The number of fused-ring (bicyclic) bond motifs is 1. The summed E-state index contributed by atoms with van der Waals surface area (Å²) in [5.41, 5.74) is 3.40. The molecule has 6 rings (SSSR count). The van der Waals surface area contributed by atoms with Crippen LogP contribution in [0.4, 0.5) is 10.7 Å². The second-order valence-corrected chi connectivity index (χ2v) is 12.8. The van der Waals surface area contributed by atoms with Gasteiger partial charge in [-0.1, -0.05) is 43.2 Å². The van der Waals surface area contributed by atoms with E-state index >= 15 is 0 Å². The molecular formula is C35H41N5O3. The van der Waals surface area contributed by atoms with Gasteiger partial charge in [0.15, 0.2) is 0 Å². The van der Waals surface area contributed by atoms with Crippen molar-refractivity contribution in [1.29, 1.82) is 0 Å². The van der Waals surface area contributed by atoms with Crippen LogP contribution in [0.2, 0.25) is 0 Å². The Kier molecular flexibility index (Phi) is 8.19. The van der Waals surface area contributed by atoms with Crippen molar-refractivity contribution in [3.63, 3.8) is 0 Å². The normalized spacial score (nSPS) is 17.1. The Morgan fingerprint density at radius 3 is 2.67 bits per heavy atom. The first-order valence-electron chi connectivity index (χ1n) is 15.5. The number of benzene rings is 2. The molecule has 1 N–H and O–H groups in total. The van der Waals surface area contributed by atoms with Crippen LogP contribution >= 0.6 is 0 Å². The average molecular weight is 580 g/mol. The highest BCUT2D eigenvalue weighted by Gasteiger charge is 2.28. The van der Waals surface area contributed by atoms with E-state index < -0.39 is 5.60 Å². The van der Waals surface area contributed by atoms with E-state index in [0.717, 1.165) is 47.4 Å². The van der Waals surface area contributed by atoms with Gasteiger partial charge < -0.3 is 19.7 Å². The first-order chi connectivity index (χ1) is 20.7. The van der Waals surface area contributed by atoms with Crippen molar-refractivity contribution < 1.29 is 14.3 Å². The van der Waals surface area contributed by atoms with Gasteiger partial charge in [0.05, 0.1) is 11.3 Å². The molecule has 1 aliphatic carbocycles. The van der Waals surface area contributed by atoms with E-state index in [0.29, 0.717) is 30.6 Å². The number of carbonyl (C=O) groups excluding carboxylic acids is 1. The summed E-state index contributed by atoms with van der Waals surface area (Å²) >= 11 is 0. The first-order valence-corrected chi connectivity index (χ1v) is 15.5. The maximum Gasteiger partial charge on any atom is 0.410 e. The van der Waals surface area contributed by atoms with Crippen LogP contribution in [0.15, 0.2) is 60.9 Å². The molecule has 43 heavy (non-hydrogen) atoms. The Balaban J connectivity index is 1.22. The minimum Gasteiger partial charge on any atom is -0.444 e. The van der Waals surface area contributed by atoms with E-state index in [9.17, 15) is 4.79 Å². The van der Waals surface area contributed by atoms with E-state index in [1.165, 1.54) is 30.2 Å². The summed E-state index contributed by atoms with van der Waals surface area (Å²) in [6, 6.07) is 16.6. The molecule has 1 saturated carbocycles. The van der Waals surface area contributed by atoms with Crippen LogP contribution in [0.5, 0.6) is 11.6 Å². The second kappa shape index (κ2) is 12.2. The quantitative estimate of drug-likeness (QED) is 0.227. The van der Waals surface area contributed by atoms with Crippen LogP contribution in [-0.2, 0) is 11.2 Å². The predicted octanol–water partition coefficient (Wildman–Crippen LogP) is 7.95. The van der Waals surface area contributed by atoms with Crippen molar-refractivity contribution in [2.75, 3.05) is 18.4 Å². The van der Waals surface area contributed by atoms with Gasteiger partial charge >= 0.3 is 6.09 Å². The minimum atomic E-state index is -0.526. The van der Waals surface area contributed by atoms with Crippen molar-refractivity contribution in [3.8, 4) is 22.9 Å². The van der Waals surface area contributed by atoms with Gasteiger partial charge in [0.2, 0.25) is 11.8 Å². The van der Waals surface area contributed by atoms with Crippen LogP contribution in [-0.4, -0.2) is 50.7 Å². The summed E-state index contributed by atoms with van der Waals surface area (Å²) < 4.78 is 12.2. The van der Waals surface area contributed by atoms with Crippen molar-refractivity contribution in [1.82, 2.24) is 19.9 Å². The Labute approximate surface area is 253 Å². The number of hydrogen-bond donors (Lipinski definition) is 1. The Bertz CT molecular complexity index is 1610. The molecule has 2 aromatic heterocycles. The number of pyridine rings is 1. The van der Waals surface area contributed by atoms with E-state index in [4.69, 9.17) is 14.5 Å². The third-order valence-corrected chi connectivity index (χ3v) is 8.13. The van der Waals surface area contributed by atoms with E-state index in [-0.39, 0.29) is 12.1 Å². The molecule has 4 aromatic rings. The van der Waals surface area contributed by atoms with Gasteiger partial charge in [-0.2, -0.15) is 0 Å². The van der Waals surface area contributed by atoms with Crippen molar-refractivity contribution in [3.05, 3.63) is 72.1 Å². The Morgan fingerprint density at radius 2 is 1.86 bits per heavy atom. The number of ether oxygens (including phenoxy) is 2. The van der Waals surface area contributed by atoms with Gasteiger partial charge in [-0.25, -0.2) is 19.7 Å². The van der Waals surface area contributed by atoms with Gasteiger partial charge in [0.1, 0.15) is 11.4 Å². The Hall–Kier alpha value is -4.20. The third-order valence-electron chi connectivity index (χ3n) is 8.13. The fraction of sp³-hybridized carbons (Fsp3) is 0.429. The zero-order valence-corrected chi connectivity index (χ0v) is 25.6. The number of likely N-dealkylation sites (tertiary alicyclic amines) is 1. The number of rotatable bonds is 8. The molecule has 1 atom stereocenters. The molecule has 8 heteroatoms. The number of aryl methyl sites for hydroxylation is 2. The maximum atomic E-state index is 12.6. The molecule has 2 fully saturated rings. The minimum absolute atomic E-state index is 0.0218. The molecular weight excluding hydrogens is 538 g/mol. The van der Waals surface area contributed by atoms with Crippen LogP contribution in [0.25, 0.3) is 22.0 Å². The monoisotopic (exact) mass is 579 g/mol. The number of aromatic nitrogens is 3. The molecule has 0 unspecified atom stereocenters. The summed E-state index contributed by atoms with van der Waals surface area (Å²) in [5.74, 6) is 2.72.